The Kier molecular flexibility index (Phi) is 3.82. The quantitative estimate of drug-likeness (QED) is 0.705. The van der Waals surface area contributed by atoms with Crippen molar-refractivity contribution in [2.75, 3.05) is 12.3 Å². The highest BCUT2D eigenvalue weighted by atomic mass is 16.5. The van der Waals surface area contributed by atoms with Gasteiger partial charge < -0.3 is 20.0 Å². The van der Waals surface area contributed by atoms with Gasteiger partial charge in [-0.25, -0.2) is 0 Å². The molecule has 0 saturated heterocycles. The Balaban J connectivity index is 2.00. The van der Waals surface area contributed by atoms with Crippen LogP contribution in [0.15, 0.2) is 39.5 Å². The number of fused-ring (bicyclic) bond motifs is 1. The van der Waals surface area contributed by atoms with Crippen molar-refractivity contribution < 1.29 is 13.7 Å². The monoisotopic (exact) mass is 299 g/mol. The van der Waals surface area contributed by atoms with Crippen LogP contribution in [-0.2, 0) is 0 Å². The standard InChI is InChI=1S/C16H17N3O3/c1-2-3-8-18-16(20)13-14(19-22-15(13)17)11-9-21-12-7-5-4-6-10(11)12/h4-7,9H,2-3,8,17H2,1H3,(H,18,20). The number of benzene rings is 1. The van der Waals surface area contributed by atoms with Gasteiger partial charge in [0.05, 0.1) is 5.56 Å². The second-order valence-corrected chi connectivity index (χ2v) is 5.03. The molecular weight excluding hydrogens is 282 g/mol. The summed E-state index contributed by atoms with van der Waals surface area (Å²) in [6, 6.07) is 7.53. The average molecular weight is 299 g/mol. The molecule has 3 N–H and O–H groups in total. The number of carbonyl (C=O) groups is 1. The van der Waals surface area contributed by atoms with Gasteiger partial charge in [-0.15, -0.1) is 0 Å². The highest BCUT2D eigenvalue weighted by molar-refractivity contribution is 6.06. The minimum Gasteiger partial charge on any atom is -0.464 e. The summed E-state index contributed by atoms with van der Waals surface area (Å²) in [6.45, 7) is 2.65. The summed E-state index contributed by atoms with van der Waals surface area (Å²) in [5, 5.41) is 7.62. The number of unbranched alkanes of at least 4 members (excludes halogenated alkanes) is 1. The number of anilines is 1. The van der Waals surface area contributed by atoms with E-state index in [4.69, 9.17) is 14.7 Å². The molecular formula is C16H17N3O3. The predicted octanol–water partition coefficient (Wildman–Crippen LogP) is 3.20. The van der Waals surface area contributed by atoms with Crippen molar-refractivity contribution in [3.63, 3.8) is 0 Å². The molecule has 0 fully saturated rings. The van der Waals surface area contributed by atoms with Crippen LogP contribution in [0.3, 0.4) is 0 Å². The first-order chi connectivity index (χ1) is 10.7. The average Bonchev–Trinajstić information content (AvgIpc) is 3.10. The van der Waals surface area contributed by atoms with Gasteiger partial charge in [0.15, 0.2) is 0 Å². The van der Waals surface area contributed by atoms with E-state index in [-0.39, 0.29) is 17.4 Å². The number of carbonyl (C=O) groups excluding carboxylic acids is 1. The molecule has 2 heterocycles. The zero-order valence-electron chi connectivity index (χ0n) is 12.3. The molecule has 3 rings (SSSR count). The van der Waals surface area contributed by atoms with Gasteiger partial charge in [-0.1, -0.05) is 36.7 Å². The Morgan fingerprint density at radius 3 is 3.00 bits per heavy atom. The normalized spacial score (nSPS) is 11.0. The molecule has 1 amide bonds. The second-order valence-electron chi connectivity index (χ2n) is 5.03. The van der Waals surface area contributed by atoms with E-state index in [2.05, 4.69) is 17.4 Å². The third-order valence-electron chi connectivity index (χ3n) is 3.50. The molecule has 0 bridgehead atoms. The number of para-hydroxylation sites is 1. The van der Waals surface area contributed by atoms with E-state index in [0.717, 1.165) is 23.8 Å². The number of hydrogen-bond acceptors (Lipinski definition) is 5. The molecule has 0 aliphatic rings. The van der Waals surface area contributed by atoms with Crippen LogP contribution >= 0.6 is 0 Å². The van der Waals surface area contributed by atoms with Crippen molar-refractivity contribution in [1.82, 2.24) is 10.5 Å². The van der Waals surface area contributed by atoms with Crippen molar-refractivity contribution in [2.45, 2.75) is 19.8 Å². The maximum absolute atomic E-state index is 12.3. The van der Waals surface area contributed by atoms with Crippen LogP contribution in [0.25, 0.3) is 22.2 Å². The van der Waals surface area contributed by atoms with E-state index in [0.29, 0.717) is 17.8 Å². The number of nitrogens with zero attached hydrogens (tertiary/aromatic N) is 1. The SMILES string of the molecule is CCCCNC(=O)c1c(-c2coc3ccccc23)noc1N. The van der Waals surface area contributed by atoms with E-state index in [1.54, 1.807) is 6.26 Å². The smallest absolute Gasteiger partial charge is 0.259 e. The number of nitrogens with two attached hydrogens (primary N) is 1. The minimum absolute atomic E-state index is 0.00859. The van der Waals surface area contributed by atoms with Gasteiger partial charge in [0.2, 0.25) is 5.88 Å². The zero-order chi connectivity index (χ0) is 15.5. The first-order valence-corrected chi connectivity index (χ1v) is 7.22. The second kappa shape index (κ2) is 5.93. The third kappa shape index (κ3) is 2.43. The number of rotatable bonds is 5. The number of amides is 1. The maximum atomic E-state index is 12.3. The molecule has 0 aliphatic heterocycles. The third-order valence-corrected chi connectivity index (χ3v) is 3.50. The number of aromatic nitrogens is 1. The van der Waals surface area contributed by atoms with Crippen LogP contribution < -0.4 is 11.1 Å². The van der Waals surface area contributed by atoms with E-state index >= 15 is 0 Å². The molecule has 6 nitrogen and oxygen atoms in total. The number of hydrogen-bond donors (Lipinski definition) is 2. The van der Waals surface area contributed by atoms with Crippen LogP contribution in [0.5, 0.6) is 0 Å². The van der Waals surface area contributed by atoms with E-state index in [1.165, 1.54) is 0 Å². The zero-order valence-corrected chi connectivity index (χ0v) is 12.3. The lowest BCUT2D eigenvalue weighted by Crippen LogP contribution is -2.25. The highest BCUT2D eigenvalue weighted by Crippen LogP contribution is 2.33. The Bertz CT molecular complexity index is 804. The van der Waals surface area contributed by atoms with Crippen LogP contribution in [0, 0.1) is 0 Å². The van der Waals surface area contributed by atoms with Crippen molar-refractivity contribution >= 4 is 22.8 Å². The summed E-state index contributed by atoms with van der Waals surface area (Å²) in [5.74, 6) is -0.276. The minimum atomic E-state index is -0.285. The van der Waals surface area contributed by atoms with E-state index in [9.17, 15) is 4.79 Å². The van der Waals surface area contributed by atoms with Gasteiger partial charge in [-0.2, -0.15) is 0 Å². The van der Waals surface area contributed by atoms with Gasteiger partial charge in [0.1, 0.15) is 23.1 Å². The summed E-state index contributed by atoms with van der Waals surface area (Å²) >= 11 is 0. The first kappa shape index (κ1) is 14.2. The lowest BCUT2D eigenvalue weighted by atomic mass is 10.1. The Hall–Kier alpha value is -2.76. The predicted molar refractivity (Wildman–Crippen MR) is 83.4 cm³/mol. The van der Waals surface area contributed by atoms with Crippen LogP contribution in [0.2, 0.25) is 0 Å². The van der Waals surface area contributed by atoms with Crippen LogP contribution in [0.1, 0.15) is 30.1 Å². The molecule has 1 aromatic carbocycles. The van der Waals surface area contributed by atoms with Gasteiger partial charge >= 0.3 is 0 Å². The van der Waals surface area contributed by atoms with E-state index < -0.39 is 0 Å². The maximum Gasteiger partial charge on any atom is 0.259 e. The molecule has 0 unspecified atom stereocenters. The fourth-order valence-corrected chi connectivity index (χ4v) is 2.33. The molecule has 0 radical (unpaired) electrons. The van der Waals surface area contributed by atoms with Crippen molar-refractivity contribution in [3.05, 3.63) is 36.1 Å². The fraction of sp³-hybridized carbons (Fsp3) is 0.250. The Labute approximate surface area is 127 Å². The van der Waals surface area contributed by atoms with Gasteiger partial charge in [-0.3, -0.25) is 4.79 Å². The van der Waals surface area contributed by atoms with Gasteiger partial charge in [0.25, 0.3) is 5.91 Å². The lowest BCUT2D eigenvalue weighted by molar-refractivity contribution is 0.0954. The molecule has 0 saturated carbocycles. The molecule has 0 atom stereocenters. The summed E-state index contributed by atoms with van der Waals surface area (Å²) < 4.78 is 10.5. The highest BCUT2D eigenvalue weighted by Gasteiger charge is 2.24. The largest absolute Gasteiger partial charge is 0.464 e. The van der Waals surface area contributed by atoms with Crippen LogP contribution in [0.4, 0.5) is 5.88 Å². The topological polar surface area (TPSA) is 94.3 Å². The summed E-state index contributed by atoms with van der Waals surface area (Å²) in [6.07, 6.45) is 3.46. The van der Waals surface area contributed by atoms with Gasteiger partial charge in [-0.05, 0) is 12.5 Å². The number of nitrogen functional groups attached to an aromatic ring is 1. The number of furan rings is 1. The van der Waals surface area contributed by atoms with Crippen molar-refractivity contribution in [3.8, 4) is 11.3 Å². The van der Waals surface area contributed by atoms with E-state index in [1.807, 2.05) is 24.3 Å². The molecule has 22 heavy (non-hydrogen) atoms. The van der Waals surface area contributed by atoms with Crippen molar-refractivity contribution in [1.29, 1.82) is 0 Å². The van der Waals surface area contributed by atoms with Crippen molar-refractivity contribution in [2.24, 2.45) is 0 Å². The summed E-state index contributed by atoms with van der Waals surface area (Å²) in [4.78, 5) is 12.3. The number of nitrogens with one attached hydrogen (secondary N) is 1. The first-order valence-electron chi connectivity index (χ1n) is 7.22. The Morgan fingerprint density at radius 1 is 1.36 bits per heavy atom. The Morgan fingerprint density at radius 2 is 2.18 bits per heavy atom. The van der Waals surface area contributed by atoms with Crippen LogP contribution in [-0.4, -0.2) is 17.6 Å². The molecule has 3 aromatic rings. The molecule has 6 heteroatoms. The van der Waals surface area contributed by atoms with Gasteiger partial charge in [0, 0.05) is 11.9 Å². The fourth-order valence-electron chi connectivity index (χ4n) is 2.33. The molecule has 0 aliphatic carbocycles. The molecule has 0 spiro atoms. The summed E-state index contributed by atoms with van der Waals surface area (Å²) in [7, 11) is 0. The lowest BCUT2D eigenvalue weighted by Gasteiger charge is -2.03. The molecule has 114 valence electrons. The summed E-state index contributed by atoms with van der Waals surface area (Å²) in [5.41, 5.74) is 7.84. The molecule has 2 aromatic heterocycles.